The van der Waals surface area contributed by atoms with Crippen LogP contribution in [0.1, 0.15) is 53.6 Å². The SMILES string of the molecule is CN1CCCC1CCNc1ccc(C(=O)NC2C/C(=C\c3ccc(F)c(F)c3)C(=O)/C(=C/c3ccc(F)c(F)c3)C2)cc1. The molecule has 0 spiro atoms. The molecule has 2 aliphatic rings. The fourth-order valence-electron chi connectivity index (χ4n) is 5.69. The van der Waals surface area contributed by atoms with Crippen LogP contribution in [0.25, 0.3) is 12.2 Å². The van der Waals surface area contributed by atoms with E-state index in [1.54, 1.807) is 12.1 Å². The normalized spacial score (nSPS) is 21.0. The zero-order valence-electron chi connectivity index (χ0n) is 23.8. The second-order valence-electron chi connectivity index (χ2n) is 11.2. The number of amides is 1. The highest BCUT2D eigenvalue weighted by Crippen LogP contribution is 2.30. The van der Waals surface area contributed by atoms with Gasteiger partial charge in [-0.1, -0.05) is 12.1 Å². The third-order valence-electron chi connectivity index (χ3n) is 8.05. The molecule has 0 aromatic heterocycles. The van der Waals surface area contributed by atoms with Crippen molar-refractivity contribution in [3.05, 3.63) is 112 Å². The first-order valence-electron chi connectivity index (χ1n) is 14.4. The van der Waals surface area contributed by atoms with E-state index in [0.29, 0.717) is 11.6 Å². The van der Waals surface area contributed by atoms with Gasteiger partial charge in [-0.05, 0) is 118 Å². The lowest BCUT2D eigenvalue weighted by atomic mass is 9.83. The Kier molecular flexibility index (Phi) is 9.40. The highest BCUT2D eigenvalue weighted by molar-refractivity contribution is 6.14. The molecule has 2 N–H and O–H groups in total. The number of hydrogen-bond acceptors (Lipinski definition) is 4. The molecule has 5 rings (SSSR count). The van der Waals surface area contributed by atoms with Crippen LogP contribution in [0, 0.1) is 23.3 Å². The highest BCUT2D eigenvalue weighted by Gasteiger charge is 2.29. The topological polar surface area (TPSA) is 61.4 Å². The van der Waals surface area contributed by atoms with Crippen molar-refractivity contribution in [2.45, 2.75) is 44.2 Å². The largest absolute Gasteiger partial charge is 0.385 e. The first-order valence-corrected chi connectivity index (χ1v) is 14.4. The maximum atomic E-state index is 13.9. The minimum Gasteiger partial charge on any atom is -0.385 e. The predicted molar refractivity (Wildman–Crippen MR) is 159 cm³/mol. The predicted octanol–water partition coefficient (Wildman–Crippen LogP) is 6.77. The van der Waals surface area contributed by atoms with E-state index < -0.39 is 29.3 Å². The van der Waals surface area contributed by atoms with Gasteiger partial charge in [-0.25, -0.2) is 17.6 Å². The van der Waals surface area contributed by atoms with Crippen molar-refractivity contribution in [1.29, 1.82) is 0 Å². The summed E-state index contributed by atoms with van der Waals surface area (Å²) in [6.07, 6.45) is 6.67. The molecule has 0 radical (unpaired) electrons. The number of anilines is 1. The molecule has 5 nitrogen and oxygen atoms in total. The van der Waals surface area contributed by atoms with Gasteiger partial charge in [-0.15, -0.1) is 0 Å². The van der Waals surface area contributed by atoms with Gasteiger partial charge < -0.3 is 15.5 Å². The number of carbonyl (C=O) groups excluding carboxylic acids is 2. The average Bonchev–Trinajstić information content (AvgIpc) is 3.39. The summed E-state index contributed by atoms with van der Waals surface area (Å²) in [6, 6.07) is 13.8. The number of nitrogens with zero attached hydrogens (tertiary/aromatic N) is 1. The number of Topliss-reactive ketones (excluding diaryl/α,β-unsaturated/α-hetero) is 1. The Morgan fingerprint density at radius 3 is 1.95 bits per heavy atom. The smallest absolute Gasteiger partial charge is 0.251 e. The van der Waals surface area contributed by atoms with E-state index in [4.69, 9.17) is 0 Å². The maximum absolute atomic E-state index is 13.9. The third kappa shape index (κ3) is 7.59. The summed E-state index contributed by atoms with van der Waals surface area (Å²) in [6.45, 7) is 1.96. The van der Waals surface area contributed by atoms with Crippen molar-refractivity contribution >= 4 is 29.5 Å². The fraction of sp³-hybridized carbons (Fsp3) is 0.294. The molecule has 1 atom stereocenters. The van der Waals surface area contributed by atoms with Crippen molar-refractivity contribution < 1.29 is 27.2 Å². The van der Waals surface area contributed by atoms with Crippen LogP contribution >= 0.6 is 0 Å². The number of ketones is 1. The van der Waals surface area contributed by atoms with Crippen LogP contribution in [0.15, 0.2) is 71.8 Å². The van der Waals surface area contributed by atoms with Gasteiger partial charge in [0.25, 0.3) is 5.91 Å². The molecule has 1 amide bonds. The Hall–Kier alpha value is -4.24. The van der Waals surface area contributed by atoms with Gasteiger partial charge in [0, 0.05) is 41.0 Å². The van der Waals surface area contributed by atoms with Crippen LogP contribution in [0.3, 0.4) is 0 Å². The van der Waals surface area contributed by atoms with E-state index in [1.807, 2.05) is 12.1 Å². The van der Waals surface area contributed by atoms with Crippen LogP contribution in [0.2, 0.25) is 0 Å². The monoisotopic (exact) mass is 591 g/mol. The van der Waals surface area contributed by atoms with Gasteiger partial charge >= 0.3 is 0 Å². The first-order chi connectivity index (χ1) is 20.7. The number of nitrogens with one attached hydrogen (secondary N) is 2. The van der Waals surface area contributed by atoms with E-state index in [9.17, 15) is 27.2 Å². The minimum absolute atomic E-state index is 0.147. The van der Waals surface area contributed by atoms with Gasteiger partial charge in [0.2, 0.25) is 0 Å². The molecule has 0 bridgehead atoms. The van der Waals surface area contributed by atoms with E-state index in [1.165, 1.54) is 37.1 Å². The van der Waals surface area contributed by atoms with E-state index in [-0.39, 0.29) is 46.8 Å². The lowest BCUT2D eigenvalue weighted by Gasteiger charge is -2.27. The summed E-state index contributed by atoms with van der Waals surface area (Å²) in [5, 5.41) is 6.37. The lowest BCUT2D eigenvalue weighted by molar-refractivity contribution is -0.113. The number of carbonyl (C=O) groups is 2. The van der Waals surface area contributed by atoms with Crippen molar-refractivity contribution in [3.8, 4) is 0 Å². The maximum Gasteiger partial charge on any atom is 0.251 e. The van der Waals surface area contributed by atoms with Crippen LogP contribution in [0.4, 0.5) is 23.2 Å². The van der Waals surface area contributed by atoms with Gasteiger partial charge in [-0.3, -0.25) is 9.59 Å². The van der Waals surface area contributed by atoms with Crippen molar-refractivity contribution in [2.24, 2.45) is 0 Å². The number of benzene rings is 3. The summed E-state index contributed by atoms with van der Waals surface area (Å²) in [7, 11) is 2.15. The van der Waals surface area contributed by atoms with Gasteiger partial charge in [0.15, 0.2) is 29.1 Å². The van der Waals surface area contributed by atoms with Crippen LogP contribution < -0.4 is 10.6 Å². The Morgan fingerprint density at radius 2 is 1.44 bits per heavy atom. The highest BCUT2D eigenvalue weighted by atomic mass is 19.2. The Balaban J connectivity index is 1.31. The molecule has 1 heterocycles. The summed E-state index contributed by atoms with van der Waals surface area (Å²) in [4.78, 5) is 28.9. The van der Waals surface area contributed by atoms with Crippen LogP contribution in [0.5, 0.6) is 0 Å². The molecule has 3 aromatic carbocycles. The molecule has 1 aliphatic heterocycles. The minimum atomic E-state index is -1.05. The van der Waals surface area contributed by atoms with Gasteiger partial charge in [0.05, 0.1) is 0 Å². The number of likely N-dealkylation sites (tertiary alicyclic amines) is 1. The van der Waals surface area contributed by atoms with E-state index in [2.05, 4.69) is 22.6 Å². The molecular weight excluding hydrogens is 558 g/mol. The van der Waals surface area contributed by atoms with Crippen molar-refractivity contribution in [1.82, 2.24) is 10.2 Å². The molecule has 1 saturated heterocycles. The summed E-state index contributed by atoms with van der Waals surface area (Å²) >= 11 is 0. The zero-order chi connectivity index (χ0) is 30.5. The number of halogens is 4. The Labute approximate surface area is 248 Å². The Morgan fingerprint density at radius 1 is 0.860 bits per heavy atom. The fourth-order valence-corrected chi connectivity index (χ4v) is 5.69. The molecule has 1 unspecified atom stereocenters. The number of hydrogen-bond donors (Lipinski definition) is 2. The van der Waals surface area contributed by atoms with Gasteiger partial charge in [0.1, 0.15) is 0 Å². The first kappa shape index (κ1) is 30.2. The molecule has 9 heteroatoms. The average molecular weight is 592 g/mol. The van der Waals surface area contributed by atoms with Crippen molar-refractivity contribution in [3.63, 3.8) is 0 Å². The van der Waals surface area contributed by atoms with E-state index in [0.717, 1.165) is 49.5 Å². The Bertz CT molecular complexity index is 1490. The second-order valence-corrected chi connectivity index (χ2v) is 11.2. The number of rotatable bonds is 8. The molecular formula is C34H33F4N3O2. The third-order valence-corrected chi connectivity index (χ3v) is 8.05. The van der Waals surface area contributed by atoms with Crippen molar-refractivity contribution in [2.75, 3.05) is 25.5 Å². The summed E-state index contributed by atoms with van der Waals surface area (Å²) in [5.74, 6) is -4.84. The molecule has 3 aromatic rings. The molecule has 1 saturated carbocycles. The zero-order valence-corrected chi connectivity index (χ0v) is 23.8. The molecule has 224 valence electrons. The van der Waals surface area contributed by atoms with E-state index >= 15 is 0 Å². The lowest BCUT2D eigenvalue weighted by Crippen LogP contribution is -2.39. The van der Waals surface area contributed by atoms with Gasteiger partial charge in [-0.2, -0.15) is 0 Å². The quantitative estimate of drug-likeness (QED) is 0.224. The summed E-state index contributed by atoms with van der Waals surface area (Å²) < 4.78 is 54.6. The molecule has 1 aliphatic carbocycles. The molecule has 43 heavy (non-hydrogen) atoms. The second kappa shape index (κ2) is 13.4. The summed E-state index contributed by atoms with van der Waals surface area (Å²) in [5.41, 5.74) is 2.45. The van der Waals surface area contributed by atoms with Crippen LogP contribution in [-0.4, -0.2) is 48.8 Å². The molecule has 2 fully saturated rings. The van der Waals surface area contributed by atoms with Crippen LogP contribution in [-0.2, 0) is 4.79 Å². The standard InChI is InChI=1S/C34H33F4N3O2/c1-41-14-2-3-28(41)12-13-39-26-8-6-23(7-9-26)34(43)40-27-19-24(15-21-4-10-29(35)31(37)17-21)33(42)25(20-27)16-22-5-11-30(36)32(38)18-22/h4-11,15-18,27-28,39H,2-3,12-14,19-20H2,1H3,(H,40,43)/b24-15+,25-16+.